The van der Waals surface area contributed by atoms with Crippen molar-refractivity contribution in [1.82, 2.24) is 15.8 Å². The lowest BCUT2D eigenvalue weighted by atomic mass is 9.87. The smallest absolute Gasteiger partial charge is 0.344 e. The van der Waals surface area contributed by atoms with Gasteiger partial charge in [0.1, 0.15) is 5.54 Å². The Morgan fingerprint density at radius 3 is 2.59 bits per heavy atom. The van der Waals surface area contributed by atoms with Crippen LogP contribution < -0.4 is 15.6 Å². The molecule has 1 unspecified atom stereocenters. The van der Waals surface area contributed by atoms with E-state index in [1.165, 1.54) is 5.56 Å². The topological polar surface area (TPSA) is 81.8 Å². The highest BCUT2D eigenvalue weighted by atomic mass is 16.2. The third kappa shape index (κ3) is 3.33. The molecule has 7 nitrogen and oxygen atoms in total. The molecule has 7 heteroatoms. The molecular formula is C22H24N4O3. The molecule has 0 radical (unpaired) electrons. The third-order valence-corrected chi connectivity index (χ3v) is 5.67. The molecule has 2 heterocycles. The molecule has 150 valence electrons. The first-order valence-electron chi connectivity index (χ1n) is 9.90. The molecule has 1 atom stereocenters. The summed E-state index contributed by atoms with van der Waals surface area (Å²) in [4.78, 5) is 40.3. The summed E-state index contributed by atoms with van der Waals surface area (Å²) < 4.78 is 0. The van der Waals surface area contributed by atoms with E-state index in [-0.39, 0.29) is 6.54 Å². The summed E-state index contributed by atoms with van der Waals surface area (Å²) in [6.07, 6.45) is 2.32. The zero-order valence-electron chi connectivity index (χ0n) is 16.4. The van der Waals surface area contributed by atoms with Crippen molar-refractivity contribution in [2.75, 3.05) is 18.0 Å². The summed E-state index contributed by atoms with van der Waals surface area (Å²) >= 11 is 0. The van der Waals surface area contributed by atoms with E-state index >= 15 is 0 Å². The second-order valence-electron chi connectivity index (χ2n) is 7.38. The molecule has 2 aromatic rings. The monoisotopic (exact) mass is 392 g/mol. The summed E-state index contributed by atoms with van der Waals surface area (Å²) in [6.45, 7) is 2.67. The van der Waals surface area contributed by atoms with Gasteiger partial charge in [0, 0.05) is 12.2 Å². The molecule has 2 aromatic carbocycles. The molecule has 0 bridgehead atoms. The molecule has 1 fully saturated rings. The zero-order chi connectivity index (χ0) is 20.4. The number of nitrogens with zero attached hydrogens (tertiary/aromatic N) is 2. The highest BCUT2D eigenvalue weighted by Gasteiger charge is 2.52. The van der Waals surface area contributed by atoms with Gasteiger partial charge in [-0.2, -0.15) is 5.01 Å². The lowest BCUT2D eigenvalue weighted by Crippen LogP contribution is -2.51. The number of hydrogen-bond donors (Lipinski definition) is 2. The lowest BCUT2D eigenvalue weighted by Gasteiger charge is -2.31. The minimum Gasteiger partial charge on any atom is -0.362 e. The fourth-order valence-electron chi connectivity index (χ4n) is 4.15. The summed E-state index contributed by atoms with van der Waals surface area (Å²) in [5.74, 6) is -0.867. The number of benzene rings is 2. The van der Waals surface area contributed by atoms with Gasteiger partial charge in [0.2, 0.25) is 0 Å². The molecule has 1 saturated heterocycles. The van der Waals surface area contributed by atoms with E-state index in [9.17, 15) is 14.4 Å². The van der Waals surface area contributed by atoms with Gasteiger partial charge in [-0.05, 0) is 36.5 Å². The molecule has 0 aliphatic carbocycles. The number of hydrazine groups is 1. The fraction of sp³-hybridized carbons (Fsp3) is 0.318. The normalized spacial score (nSPS) is 21.0. The highest BCUT2D eigenvalue weighted by molar-refractivity contribution is 6.08. The van der Waals surface area contributed by atoms with Crippen LogP contribution >= 0.6 is 0 Å². The van der Waals surface area contributed by atoms with E-state index in [2.05, 4.69) is 16.8 Å². The Bertz CT molecular complexity index is 946. The van der Waals surface area contributed by atoms with Crippen LogP contribution in [-0.4, -0.2) is 35.9 Å². The van der Waals surface area contributed by atoms with Gasteiger partial charge in [0.05, 0.1) is 6.54 Å². The van der Waals surface area contributed by atoms with Crippen LogP contribution in [0.25, 0.3) is 0 Å². The second kappa shape index (κ2) is 7.58. The van der Waals surface area contributed by atoms with Crippen molar-refractivity contribution in [3.8, 4) is 0 Å². The van der Waals surface area contributed by atoms with Crippen molar-refractivity contribution in [3.63, 3.8) is 0 Å². The molecule has 2 aliphatic rings. The molecule has 4 amide bonds. The molecule has 4 rings (SSSR count). The molecule has 0 saturated carbocycles. The maximum atomic E-state index is 13.1. The number of hydrogen-bond acceptors (Lipinski definition) is 4. The van der Waals surface area contributed by atoms with Crippen LogP contribution in [0.4, 0.5) is 10.5 Å². The Morgan fingerprint density at radius 1 is 1.10 bits per heavy atom. The SMILES string of the molecule is CCC1(c2ccccc2)NC(=O)N(NC(=O)CN2CCCc3ccccc32)C1=O. The number of carbonyl (C=O) groups excluding carboxylic acids is 3. The Hall–Kier alpha value is -3.35. The van der Waals surface area contributed by atoms with Gasteiger partial charge in [-0.25, -0.2) is 4.79 Å². The Morgan fingerprint density at radius 2 is 1.83 bits per heavy atom. The van der Waals surface area contributed by atoms with Crippen LogP contribution in [0.1, 0.15) is 30.9 Å². The summed E-state index contributed by atoms with van der Waals surface area (Å²) in [5.41, 5.74) is 4.27. The zero-order valence-corrected chi connectivity index (χ0v) is 16.4. The van der Waals surface area contributed by atoms with Gasteiger partial charge in [-0.3, -0.25) is 15.0 Å². The molecule has 29 heavy (non-hydrogen) atoms. The van der Waals surface area contributed by atoms with Crippen LogP contribution in [0.3, 0.4) is 0 Å². The molecule has 2 N–H and O–H groups in total. The van der Waals surface area contributed by atoms with Crippen LogP contribution in [-0.2, 0) is 21.5 Å². The number of fused-ring (bicyclic) bond motifs is 1. The van der Waals surface area contributed by atoms with E-state index < -0.39 is 23.4 Å². The predicted octanol–water partition coefficient (Wildman–Crippen LogP) is 2.33. The van der Waals surface area contributed by atoms with Crippen molar-refractivity contribution in [2.24, 2.45) is 0 Å². The van der Waals surface area contributed by atoms with Crippen molar-refractivity contribution >= 4 is 23.5 Å². The average molecular weight is 392 g/mol. The van der Waals surface area contributed by atoms with Crippen molar-refractivity contribution in [1.29, 1.82) is 0 Å². The summed E-state index contributed by atoms with van der Waals surface area (Å²) in [7, 11) is 0. The minimum atomic E-state index is -1.16. The van der Waals surface area contributed by atoms with Crippen LogP contribution in [0, 0.1) is 0 Å². The number of aryl methyl sites for hydroxylation is 1. The van der Waals surface area contributed by atoms with Crippen molar-refractivity contribution in [3.05, 3.63) is 65.7 Å². The van der Waals surface area contributed by atoms with Crippen molar-refractivity contribution in [2.45, 2.75) is 31.7 Å². The fourth-order valence-corrected chi connectivity index (χ4v) is 4.15. The number of anilines is 1. The second-order valence-corrected chi connectivity index (χ2v) is 7.38. The van der Waals surface area contributed by atoms with Gasteiger partial charge in [0.25, 0.3) is 11.8 Å². The number of nitrogens with one attached hydrogen (secondary N) is 2. The van der Waals surface area contributed by atoms with Crippen LogP contribution in [0.15, 0.2) is 54.6 Å². The number of rotatable bonds is 5. The first-order chi connectivity index (χ1) is 14.0. The number of amides is 4. The maximum Gasteiger partial charge on any atom is 0.344 e. The molecular weight excluding hydrogens is 368 g/mol. The number of urea groups is 1. The van der Waals surface area contributed by atoms with Gasteiger partial charge < -0.3 is 10.2 Å². The third-order valence-electron chi connectivity index (χ3n) is 5.67. The number of imide groups is 1. The van der Waals surface area contributed by atoms with Crippen LogP contribution in [0.2, 0.25) is 0 Å². The number of para-hydroxylation sites is 1. The Kier molecular flexibility index (Phi) is 4.96. The van der Waals surface area contributed by atoms with E-state index in [0.29, 0.717) is 12.0 Å². The van der Waals surface area contributed by atoms with Crippen LogP contribution in [0.5, 0.6) is 0 Å². The average Bonchev–Trinajstić information content (AvgIpc) is 3.00. The number of carbonyl (C=O) groups is 3. The maximum absolute atomic E-state index is 13.1. The standard InChI is InChI=1S/C22H24N4O3/c1-2-22(17-11-4-3-5-12-17)20(28)26(21(29)23-22)24-19(27)15-25-14-8-10-16-9-6-7-13-18(16)25/h3-7,9,11-13H,2,8,10,14-15H2,1H3,(H,23,29)(H,24,27). The first-order valence-corrected chi connectivity index (χ1v) is 9.90. The van der Waals surface area contributed by atoms with E-state index in [4.69, 9.17) is 0 Å². The van der Waals surface area contributed by atoms with Gasteiger partial charge >= 0.3 is 6.03 Å². The van der Waals surface area contributed by atoms with Crippen molar-refractivity contribution < 1.29 is 14.4 Å². The molecule has 2 aliphatic heterocycles. The largest absolute Gasteiger partial charge is 0.362 e. The van der Waals surface area contributed by atoms with Gasteiger partial charge in [-0.15, -0.1) is 0 Å². The van der Waals surface area contributed by atoms with Gasteiger partial charge in [0.15, 0.2) is 0 Å². The highest BCUT2D eigenvalue weighted by Crippen LogP contribution is 2.31. The van der Waals surface area contributed by atoms with E-state index in [1.807, 2.05) is 48.2 Å². The quantitative estimate of drug-likeness (QED) is 0.766. The minimum absolute atomic E-state index is 0.0819. The molecule has 0 spiro atoms. The first kappa shape index (κ1) is 19.0. The lowest BCUT2D eigenvalue weighted by molar-refractivity contribution is -0.139. The Labute approximate surface area is 169 Å². The van der Waals surface area contributed by atoms with E-state index in [0.717, 1.165) is 30.1 Å². The van der Waals surface area contributed by atoms with E-state index in [1.54, 1.807) is 12.1 Å². The molecule has 0 aromatic heterocycles. The summed E-state index contributed by atoms with van der Waals surface area (Å²) in [6, 6.07) is 16.5. The summed E-state index contributed by atoms with van der Waals surface area (Å²) in [5, 5.41) is 3.58. The van der Waals surface area contributed by atoms with Gasteiger partial charge in [-0.1, -0.05) is 55.5 Å². The Balaban J connectivity index is 1.49. The predicted molar refractivity (Wildman–Crippen MR) is 109 cm³/mol.